The third-order valence-electron chi connectivity index (χ3n) is 3.96. The Bertz CT molecular complexity index is 995. The summed E-state index contributed by atoms with van der Waals surface area (Å²) < 4.78 is 40.1. The van der Waals surface area contributed by atoms with E-state index in [-0.39, 0.29) is 16.7 Å². The predicted octanol–water partition coefficient (Wildman–Crippen LogP) is 5.70. The molecule has 146 valence electrons. The van der Waals surface area contributed by atoms with Crippen molar-refractivity contribution in [3.05, 3.63) is 59.0 Å². The molecule has 3 aromatic rings. The number of rotatable bonds is 6. The molecule has 0 amide bonds. The molecule has 0 radical (unpaired) electrons. The van der Waals surface area contributed by atoms with Crippen molar-refractivity contribution < 1.29 is 22.8 Å². The molecule has 8 heteroatoms. The van der Waals surface area contributed by atoms with Crippen molar-refractivity contribution in [3.63, 3.8) is 0 Å². The van der Waals surface area contributed by atoms with Crippen LogP contribution in [0.15, 0.2) is 40.9 Å². The summed E-state index contributed by atoms with van der Waals surface area (Å²) in [4.78, 5) is 4.31. The monoisotopic (exact) mass is 406 g/mol. The van der Waals surface area contributed by atoms with Gasteiger partial charge in [0.15, 0.2) is 0 Å². The number of benzene rings is 2. The van der Waals surface area contributed by atoms with E-state index in [4.69, 9.17) is 20.9 Å². The molecule has 0 unspecified atom stereocenters. The molecule has 0 aliphatic carbocycles. The minimum Gasteiger partial charge on any atom is -0.496 e. The van der Waals surface area contributed by atoms with Crippen LogP contribution in [0, 0.1) is 13.8 Å². The lowest BCUT2D eigenvalue weighted by Gasteiger charge is -2.12. The number of alkyl halides is 2. The van der Waals surface area contributed by atoms with Crippen LogP contribution in [-0.4, -0.2) is 23.9 Å². The number of nitrogens with zero attached hydrogens (tertiary/aromatic N) is 2. The summed E-state index contributed by atoms with van der Waals surface area (Å²) in [6.07, 6.45) is 1.62. The molecule has 0 saturated carbocycles. The van der Waals surface area contributed by atoms with Gasteiger partial charge in [0.25, 0.3) is 5.89 Å². The van der Waals surface area contributed by atoms with E-state index in [0.717, 1.165) is 0 Å². The maximum atomic E-state index is 12.5. The average Bonchev–Trinajstić information content (AvgIpc) is 3.14. The van der Waals surface area contributed by atoms with Crippen LogP contribution < -0.4 is 9.47 Å². The van der Waals surface area contributed by atoms with Crippen molar-refractivity contribution in [3.8, 4) is 22.9 Å². The van der Waals surface area contributed by atoms with E-state index in [1.54, 1.807) is 51.3 Å². The topological polar surface area (TPSA) is 57.4 Å². The van der Waals surface area contributed by atoms with Gasteiger partial charge in [0.1, 0.15) is 16.5 Å². The van der Waals surface area contributed by atoms with Gasteiger partial charge in [0.2, 0.25) is 5.82 Å². The minimum atomic E-state index is -2.88. The van der Waals surface area contributed by atoms with Crippen molar-refractivity contribution in [2.75, 3.05) is 7.11 Å². The molecule has 0 saturated heterocycles. The van der Waals surface area contributed by atoms with Crippen LogP contribution in [-0.2, 0) is 0 Å². The zero-order valence-electron chi connectivity index (χ0n) is 15.4. The van der Waals surface area contributed by atoms with Crippen LogP contribution in [0.4, 0.5) is 8.78 Å². The van der Waals surface area contributed by atoms with E-state index in [1.807, 2.05) is 12.1 Å². The fourth-order valence-corrected chi connectivity index (χ4v) is 3.01. The van der Waals surface area contributed by atoms with Crippen LogP contribution in [0.25, 0.3) is 22.5 Å². The number of hydrogen-bond acceptors (Lipinski definition) is 5. The summed E-state index contributed by atoms with van der Waals surface area (Å²) in [5.41, 5.74) is 2.50. The number of methoxy groups -OCH3 is 1. The summed E-state index contributed by atoms with van der Waals surface area (Å²) in [7, 11) is 1.55. The van der Waals surface area contributed by atoms with Crippen LogP contribution in [0.3, 0.4) is 0 Å². The Kier molecular flexibility index (Phi) is 5.94. The number of aromatic nitrogens is 2. The van der Waals surface area contributed by atoms with E-state index in [9.17, 15) is 8.78 Å². The van der Waals surface area contributed by atoms with Crippen molar-refractivity contribution >= 4 is 22.7 Å². The smallest absolute Gasteiger partial charge is 0.387 e. The molecule has 0 aliphatic rings. The van der Waals surface area contributed by atoms with Crippen molar-refractivity contribution in [1.82, 2.24) is 10.1 Å². The SMILES string of the molecule is COc1ccccc1-c1noc(/C(Cl)=C/c2cc(C)c(OC(F)F)c(C)c2)n1. The first-order valence-corrected chi connectivity index (χ1v) is 8.67. The average molecular weight is 407 g/mol. The van der Waals surface area contributed by atoms with Gasteiger partial charge in [-0.3, -0.25) is 0 Å². The lowest BCUT2D eigenvalue weighted by Crippen LogP contribution is -2.05. The number of para-hydroxylation sites is 1. The fraction of sp³-hybridized carbons (Fsp3) is 0.200. The van der Waals surface area contributed by atoms with Gasteiger partial charge in [0, 0.05) is 0 Å². The lowest BCUT2D eigenvalue weighted by molar-refractivity contribution is -0.0507. The second-order valence-electron chi connectivity index (χ2n) is 5.98. The third-order valence-corrected chi connectivity index (χ3v) is 4.23. The standard InChI is InChI=1S/C20H17ClF2N2O3/c1-11-8-13(9-12(2)17(11)27-20(22)23)10-15(21)19-24-18(25-28-19)14-6-4-5-7-16(14)26-3/h4-10,20H,1-3H3/b15-10-. The maximum absolute atomic E-state index is 12.5. The Morgan fingerprint density at radius 1 is 1.18 bits per heavy atom. The van der Waals surface area contributed by atoms with E-state index in [1.165, 1.54) is 0 Å². The van der Waals surface area contributed by atoms with Crippen LogP contribution in [0.2, 0.25) is 0 Å². The van der Waals surface area contributed by atoms with Gasteiger partial charge in [-0.15, -0.1) is 0 Å². The zero-order chi connectivity index (χ0) is 20.3. The Hall–Kier alpha value is -2.93. The number of hydrogen-bond donors (Lipinski definition) is 0. The molecule has 1 heterocycles. The molecule has 0 bridgehead atoms. The quantitative estimate of drug-likeness (QED) is 0.525. The molecule has 1 aromatic heterocycles. The Morgan fingerprint density at radius 3 is 2.50 bits per heavy atom. The minimum absolute atomic E-state index is 0.130. The van der Waals surface area contributed by atoms with E-state index in [0.29, 0.717) is 33.8 Å². The molecule has 0 aliphatic heterocycles. The molecule has 3 rings (SSSR count). The first kappa shape index (κ1) is 19.8. The van der Waals surface area contributed by atoms with Crippen LogP contribution in [0.1, 0.15) is 22.6 Å². The fourth-order valence-electron chi connectivity index (χ4n) is 2.81. The van der Waals surface area contributed by atoms with Crippen LogP contribution in [0.5, 0.6) is 11.5 Å². The maximum Gasteiger partial charge on any atom is 0.387 e. The third kappa shape index (κ3) is 4.31. The summed E-state index contributed by atoms with van der Waals surface area (Å²) in [6, 6.07) is 10.6. The van der Waals surface area contributed by atoms with Crippen LogP contribution >= 0.6 is 11.6 Å². The van der Waals surface area contributed by atoms with E-state index >= 15 is 0 Å². The zero-order valence-corrected chi connectivity index (χ0v) is 16.1. The van der Waals surface area contributed by atoms with Gasteiger partial charge in [0.05, 0.1) is 12.7 Å². The molecule has 5 nitrogen and oxygen atoms in total. The molecule has 0 atom stereocenters. The second-order valence-corrected chi connectivity index (χ2v) is 6.39. The lowest BCUT2D eigenvalue weighted by atomic mass is 10.1. The molecule has 28 heavy (non-hydrogen) atoms. The Morgan fingerprint density at radius 2 is 1.86 bits per heavy atom. The Labute approximate surface area is 165 Å². The molecule has 0 fully saturated rings. The molecule has 0 N–H and O–H groups in total. The summed E-state index contributed by atoms with van der Waals surface area (Å²) in [5.74, 6) is 1.23. The number of aryl methyl sites for hydroxylation is 2. The summed E-state index contributed by atoms with van der Waals surface area (Å²) in [6.45, 7) is 0.486. The number of halogens is 3. The highest BCUT2D eigenvalue weighted by molar-refractivity contribution is 6.50. The predicted molar refractivity (Wildman–Crippen MR) is 103 cm³/mol. The highest BCUT2D eigenvalue weighted by Gasteiger charge is 2.16. The summed E-state index contributed by atoms with van der Waals surface area (Å²) in [5, 5.41) is 4.16. The highest BCUT2D eigenvalue weighted by Crippen LogP contribution is 2.31. The van der Waals surface area contributed by atoms with Gasteiger partial charge >= 0.3 is 6.61 Å². The second kappa shape index (κ2) is 8.39. The van der Waals surface area contributed by atoms with Gasteiger partial charge in [-0.25, -0.2) is 0 Å². The van der Waals surface area contributed by atoms with E-state index in [2.05, 4.69) is 14.9 Å². The molecule has 2 aromatic carbocycles. The van der Waals surface area contributed by atoms with Crippen molar-refractivity contribution in [2.24, 2.45) is 0 Å². The highest BCUT2D eigenvalue weighted by atomic mass is 35.5. The van der Waals surface area contributed by atoms with Crippen molar-refractivity contribution in [1.29, 1.82) is 0 Å². The Balaban J connectivity index is 1.90. The first-order valence-electron chi connectivity index (χ1n) is 8.29. The number of ether oxygens (including phenoxy) is 2. The van der Waals surface area contributed by atoms with E-state index < -0.39 is 6.61 Å². The molecule has 0 spiro atoms. The summed E-state index contributed by atoms with van der Waals surface area (Å²) >= 11 is 6.33. The molecular formula is C20H17ClF2N2O3. The van der Waals surface area contributed by atoms with Gasteiger partial charge < -0.3 is 14.0 Å². The van der Waals surface area contributed by atoms with Crippen molar-refractivity contribution in [2.45, 2.75) is 20.5 Å². The first-order chi connectivity index (χ1) is 13.4. The van der Waals surface area contributed by atoms with Gasteiger partial charge in [-0.1, -0.05) is 28.9 Å². The molecular weight excluding hydrogens is 390 g/mol. The van der Waals surface area contributed by atoms with Gasteiger partial charge in [-0.2, -0.15) is 13.8 Å². The largest absolute Gasteiger partial charge is 0.496 e. The van der Waals surface area contributed by atoms with Gasteiger partial charge in [-0.05, 0) is 60.9 Å². The normalized spacial score (nSPS) is 11.8.